The standard InChI is InChI=1S/C19H20N2O4S2/c1-24-16-10-9-13(12-17(16)25-2)27(22,23)21-11-5-7-15(21)19-20-14-6-3-4-8-18(14)26-19/h3-4,6,8-10,12,15H,5,7,11H2,1-2H3. The maximum atomic E-state index is 13.3. The van der Waals surface area contributed by atoms with Crippen LogP contribution in [0, 0.1) is 0 Å². The fraction of sp³-hybridized carbons (Fsp3) is 0.316. The number of para-hydroxylation sites is 1. The molecule has 2 aromatic carbocycles. The van der Waals surface area contributed by atoms with Gasteiger partial charge in [0.25, 0.3) is 0 Å². The van der Waals surface area contributed by atoms with E-state index in [-0.39, 0.29) is 10.9 Å². The molecular weight excluding hydrogens is 384 g/mol. The number of nitrogens with zero attached hydrogens (tertiary/aromatic N) is 2. The molecule has 1 fully saturated rings. The Labute approximate surface area is 162 Å². The molecule has 8 heteroatoms. The van der Waals surface area contributed by atoms with Gasteiger partial charge in [-0.2, -0.15) is 4.31 Å². The van der Waals surface area contributed by atoms with E-state index in [0.29, 0.717) is 18.0 Å². The van der Waals surface area contributed by atoms with E-state index in [1.165, 1.54) is 20.3 Å². The molecule has 1 atom stereocenters. The van der Waals surface area contributed by atoms with Crippen molar-refractivity contribution in [2.75, 3.05) is 20.8 Å². The number of ether oxygens (including phenoxy) is 2. The summed E-state index contributed by atoms with van der Waals surface area (Å²) < 4.78 is 39.7. The summed E-state index contributed by atoms with van der Waals surface area (Å²) in [6.45, 7) is 0.483. The maximum absolute atomic E-state index is 13.3. The van der Waals surface area contributed by atoms with Crippen LogP contribution in [0.15, 0.2) is 47.4 Å². The maximum Gasteiger partial charge on any atom is 0.243 e. The fourth-order valence-corrected chi connectivity index (χ4v) is 6.28. The molecule has 0 saturated carbocycles. The molecule has 0 spiro atoms. The molecule has 1 unspecified atom stereocenters. The van der Waals surface area contributed by atoms with Crippen LogP contribution in [0.3, 0.4) is 0 Å². The van der Waals surface area contributed by atoms with E-state index in [0.717, 1.165) is 28.1 Å². The van der Waals surface area contributed by atoms with Crippen LogP contribution < -0.4 is 9.47 Å². The summed E-state index contributed by atoms with van der Waals surface area (Å²) in [6, 6.07) is 12.3. The molecule has 0 N–H and O–H groups in total. The van der Waals surface area contributed by atoms with Crippen LogP contribution in [0.5, 0.6) is 11.5 Å². The summed E-state index contributed by atoms with van der Waals surface area (Å²) in [5.74, 6) is 0.898. The second-order valence-electron chi connectivity index (χ2n) is 6.31. The number of rotatable bonds is 5. The van der Waals surface area contributed by atoms with Gasteiger partial charge in [-0.05, 0) is 37.1 Å². The third-order valence-electron chi connectivity index (χ3n) is 4.76. The van der Waals surface area contributed by atoms with Gasteiger partial charge in [-0.1, -0.05) is 12.1 Å². The van der Waals surface area contributed by atoms with Gasteiger partial charge in [0.15, 0.2) is 11.5 Å². The minimum atomic E-state index is -3.67. The molecule has 2 heterocycles. The van der Waals surface area contributed by atoms with Crippen molar-refractivity contribution in [3.05, 3.63) is 47.5 Å². The molecule has 1 saturated heterocycles. The molecule has 27 heavy (non-hydrogen) atoms. The molecule has 4 rings (SSSR count). The molecule has 0 aliphatic carbocycles. The van der Waals surface area contributed by atoms with Gasteiger partial charge in [0, 0.05) is 12.6 Å². The summed E-state index contributed by atoms with van der Waals surface area (Å²) in [7, 11) is -0.649. The third kappa shape index (κ3) is 3.18. The zero-order valence-electron chi connectivity index (χ0n) is 15.1. The molecule has 0 radical (unpaired) electrons. The lowest BCUT2D eigenvalue weighted by molar-refractivity contribution is 0.353. The van der Waals surface area contributed by atoms with Gasteiger partial charge in [-0.3, -0.25) is 0 Å². The quantitative estimate of drug-likeness (QED) is 0.646. The zero-order chi connectivity index (χ0) is 19.0. The molecule has 1 aromatic heterocycles. The summed E-state index contributed by atoms with van der Waals surface area (Å²) in [5.41, 5.74) is 0.910. The van der Waals surface area contributed by atoms with E-state index in [1.54, 1.807) is 27.8 Å². The summed E-state index contributed by atoms with van der Waals surface area (Å²) in [4.78, 5) is 4.88. The number of sulfonamides is 1. The average molecular weight is 405 g/mol. The lowest BCUT2D eigenvalue weighted by Gasteiger charge is -2.23. The highest BCUT2D eigenvalue weighted by Gasteiger charge is 2.38. The van der Waals surface area contributed by atoms with Crippen LogP contribution in [-0.4, -0.2) is 38.5 Å². The normalized spacial score (nSPS) is 18.1. The molecule has 142 valence electrons. The van der Waals surface area contributed by atoms with Crippen LogP contribution in [0.25, 0.3) is 10.2 Å². The minimum absolute atomic E-state index is 0.202. The molecule has 1 aliphatic heterocycles. The Hall–Kier alpha value is -2.16. The van der Waals surface area contributed by atoms with Crippen molar-refractivity contribution < 1.29 is 17.9 Å². The highest BCUT2D eigenvalue weighted by molar-refractivity contribution is 7.89. The first-order valence-corrected chi connectivity index (χ1v) is 10.9. The van der Waals surface area contributed by atoms with Gasteiger partial charge in [0.05, 0.1) is 35.4 Å². The van der Waals surface area contributed by atoms with Gasteiger partial charge in [-0.15, -0.1) is 11.3 Å². The van der Waals surface area contributed by atoms with Crippen LogP contribution in [0.4, 0.5) is 0 Å². The van der Waals surface area contributed by atoms with Gasteiger partial charge >= 0.3 is 0 Å². The second-order valence-corrected chi connectivity index (χ2v) is 9.26. The van der Waals surface area contributed by atoms with Crippen LogP contribution in [0.1, 0.15) is 23.9 Å². The van der Waals surface area contributed by atoms with Gasteiger partial charge in [-0.25, -0.2) is 13.4 Å². The second kappa shape index (κ2) is 7.10. The Bertz CT molecular complexity index is 1050. The van der Waals surface area contributed by atoms with Crippen molar-refractivity contribution in [3.8, 4) is 11.5 Å². The van der Waals surface area contributed by atoms with E-state index in [9.17, 15) is 8.42 Å². The first-order valence-electron chi connectivity index (χ1n) is 8.64. The lowest BCUT2D eigenvalue weighted by atomic mass is 10.2. The average Bonchev–Trinajstić information content (AvgIpc) is 3.34. The highest BCUT2D eigenvalue weighted by atomic mass is 32.2. The van der Waals surface area contributed by atoms with Crippen molar-refractivity contribution >= 4 is 31.6 Å². The molecule has 3 aromatic rings. The number of hydrogen-bond donors (Lipinski definition) is 0. The van der Waals surface area contributed by atoms with E-state index in [1.807, 2.05) is 24.3 Å². The van der Waals surface area contributed by atoms with Gasteiger partial charge in [0.2, 0.25) is 10.0 Å². The number of methoxy groups -OCH3 is 2. The molecule has 0 amide bonds. The number of fused-ring (bicyclic) bond motifs is 1. The lowest BCUT2D eigenvalue weighted by Crippen LogP contribution is -2.30. The summed E-state index contributed by atoms with van der Waals surface area (Å²) in [5, 5.41) is 0.845. The Kier molecular flexibility index (Phi) is 4.79. The first-order chi connectivity index (χ1) is 13.0. The van der Waals surface area contributed by atoms with E-state index in [4.69, 9.17) is 9.47 Å². The van der Waals surface area contributed by atoms with Crippen molar-refractivity contribution in [2.45, 2.75) is 23.8 Å². The fourth-order valence-electron chi connectivity index (χ4n) is 3.42. The van der Waals surface area contributed by atoms with Gasteiger partial charge in [0.1, 0.15) is 5.01 Å². The highest BCUT2D eigenvalue weighted by Crippen LogP contribution is 2.40. The predicted octanol–water partition coefficient (Wildman–Crippen LogP) is 3.84. The molecule has 6 nitrogen and oxygen atoms in total. The largest absolute Gasteiger partial charge is 0.493 e. The van der Waals surface area contributed by atoms with E-state index in [2.05, 4.69) is 4.98 Å². The minimum Gasteiger partial charge on any atom is -0.493 e. The summed E-state index contributed by atoms with van der Waals surface area (Å²) in [6.07, 6.45) is 1.58. The Balaban J connectivity index is 1.72. The van der Waals surface area contributed by atoms with Crippen molar-refractivity contribution in [3.63, 3.8) is 0 Å². The Morgan fingerprint density at radius 3 is 2.63 bits per heavy atom. The SMILES string of the molecule is COc1ccc(S(=O)(=O)N2CCCC2c2nc3ccccc3s2)cc1OC. The molecular formula is C19H20N2O4S2. The van der Waals surface area contributed by atoms with Crippen molar-refractivity contribution in [2.24, 2.45) is 0 Å². The first kappa shape index (κ1) is 18.2. The van der Waals surface area contributed by atoms with Crippen molar-refractivity contribution in [1.82, 2.24) is 9.29 Å². The summed E-state index contributed by atoms with van der Waals surface area (Å²) >= 11 is 1.56. The number of aromatic nitrogens is 1. The molecule has 1 aliphatic rings. The zero-order valence-corrected chi connectivity index (χ0v) is 16.7. The number of hydrogen-bond acceptors (Lipinski definition) is 6. The Morgan fingerprint density at radius 2 is 1.89 bits per heavy atom. The molecule has 0 bridgehead atoms. The van der Waals surface area contributed by atoms with Crippen molar-refractivity contribution in [1.29, 1.82) is 0 Å². The van der Waals surface area contributed by atoms with Crippen LogP contribution >= 0.6 is 11.3 Å². The van der Waals surface area contributed by atoms with E-state index < -0.39 is 10.0 Å². The van der Waals surface area contributed by atoms with E-state index >= 15 is 0 Å². The topological polar surface area (TPSA) is 68.7 Å². The third-order valence-corrected chi connectivity index (χ3v) is 7.80. The van der Waals surface area contributed by atoms with Gasteiger partial charge < -0.3 is 9.47 Å². The monoisotopic (exact) mass is 404 g/mol. The van der Waals surface area contributed by atoms with Crippen LogP contribution in [-0.2, 0) is 10.0 Å². The smallest absolute Gasteiger partial charge is 0.243 e. The number of benzene rings is 2. The van der Waals surface area contributed by atoms with Crippen LogP contribution in [0.2, 0.25) is 0 Å². The Morgan fingerprint density at radius 1 is 1.11 bits per heavy atom. The number of thiazole rings is 1. The predicted molar refractivity (Wildman–Crippen MR) is 105 cm³/mol.